The van der Waals surface area contributed by atoms with Gasteiger partial charge in [-0.25, -0.2) is 0 Å². The van der Waals surface area contributed by atoms with Gasteiger partial charge in [0.05, 0.1) is 11.2 Å². The fourth-order valence-corrected chi connectivity index (χ4v) is 4.47. The molecule has 1 aliphatic carbocycles. The first kappa shape index (κ1) is 15.8. The predicted molar refractivity (Wildman–Crippen MR) is 106 cm³/mol. The molecule has 4 nitrogen and oxygen atoms in total. The van der Waals surface area contributed by atoms with Crippen molar-refractivity contribution in [2.24, 2.45) is 5.73 Å². The number of nitrogens with zero attached hydrogens (tertiary/aromatic N) is 3. The van der Waals surface area contributed by atoms with Crippen molar-refractivity contribution in [3.05, 3.63) is 54.0 Å². The fourth-order valence-electron chi connectivity index (χ4n) is 4.47. The number of pyridine rings is 2. The molecule has 26 heavy (non-hydrogen) atoms. The number of aryl methyl sites for hydroxylation is 1. The molecule has 1 aliphatic heterocycles. The van der Waals surface area contributed by atoms with Crippen LogP contribution in [0.2, 0.25) is 0 Å². The van der Waals surface area contributed by atoms with E-state index in [1.165, 1.54) is 46.3 Å². The number of rotatable bonds is 2. The zero-order valence-corrected chi connectivity index (χ0v) is 15.0. The third kappa shape index (κ3) is 2.65. The van der Waals surface area contributed by atoms with E-state index >= 15 is 0 Å². The van der Waals surface area contributed by atoms with Gasteiger partial charge >= 0.3 is 0 Å². The number of benzene rings is 1. The van der Waals surface area contributed by atoms with Gasteiger partial charge in [-0.2, -0.15) is 0 Å². The van der Waals surface area contributed by atoms with Crippen LogP contribution in [0.25, 0.3) is 22.0 Å². The van der Waals surface area contributed by atoms with Gasteiger partial charge in [0.15, 0.2) is 0 Å². The minimum atomic E-state index is 0.279. The van der Waals surface area contributed by atoms with Crippen molar-refractivity contribution >= 4 is 16.6 Å². The van der Waals surface area contributed by atoms with Crippen molar-refractivity contribution in [1.82, 2.24) is 9.97 Å². The molecule has 0 bridgehead atoms. The molecule has 0 spiro atoms. The molecule has 2 aromatic heterocycles. The molecule has 4 heteroatoms. The molecular weight excluding hydrogens is 320 g/mol. The number of anilines is 1. The van der Waals surface area contributed by atoms with Gasteiger partial charge in [0, 0.05) is 42.6 Å². The Balaban J connectivity index is 1.73. The summed E-state index contributed by atoms with van der Waals surface area (Å²) in [5.41, 5.74) is 13.9. The Morgan fingerprint density at radius 1 is 1.00 bits per heavy atom. The average Bonchev–Trinajstić information content (AvgIpc) is 3.12. The summed E-state index contributed by atoms with van der Waals surface area (Å²) < 4.78 is 0. The highest BCUT2D eigenvalue weighted by molar-refractivity contribution is 5.97. The van der Waals surface area contributed by atoms with Crippen LogP contribution in [0.4, 0.5) is 5.69 Å². The highest BCUT2D eigenvalue weighted by Crippen LogP contribution is 2.38. The molecule has 3 aromatic rings. The molecule has 2 N–H and O–H groups in total. The van der Waals surface area contributed by atoms with Crippen LogP contribution in [0.5, 0.6) is 0 Å². The topological polar surface area (TPSA) is 55.0 Å². The van der Waals surface area contributed by atoms with E-state index in [0.29, 0.717) is 0 Å². The van der Waals surface area contributed by atoms with Crippen molar-refractivity contribution < 1.29 is 0 Å². The van der Waals surface area contributed by atoms with Crippen LogP contribution in [0, 0.1) is 0 Å². The first-order valence-corrected chi connectivity index (χ1v) is 9.66. The number of hydrogen-bond acceptors (Lipinski definition) is 4. The van der Waals surface area contributed by atoms with Crippen LogP contribution in [0.15, 0.2) is 42.7 Å². The molecule has 132 valence electrons. The van der Waals surface area contributed by atoms with Crippen molar-refractivity contribution in [1.29, 1.82) is 0 Å². The lowest BCUT2D eigenvalue weighted by Crippen LogP contribution is -2.28. The summed E-state index contributed by atoms with van der Waals surface area (Å²) >= 11 is 0. The summed E-state index contributed by atoms with van der Waals surface area (Å²) in [6.45, 7) is 2.00. The van der Waals surface area contributed by atoms with Gasteiger partial charge in [-0.3, -0.25) is 9.97 Å². The Bertz CT molecular complexity index is 951. The van der Waals surface area contributed by atoms with Gasteiger partial charge in [-0.15, -0.1) is 0 Å². The summed E-state index contributed by atoms with van der Waals surface area (Å²) in [4.78, 5) is 11.7. The monoisotopic (exact) mass is 344 g/mol. The average molecular weight is 344 g/mol. The molecule has 0 unspecified atom stereocenters. The number of fused-ring (bicyclic) bond motifs is 2. The first-order valence-electron chi connectivity index (χ1n) is 9.66. The second kappa shape index (κ2) is 6.36. The van der Waals surface area contributed by atoms with E-state index in [4.69, 9.17) is 10.7 Å². The van der Waals surface area contributed by atoms with Crippen LogP contribution in [-0.2, 0) is 12.8 Å². The van der Waals surface area contributed by atoms with Gasteiger partial charge in [-0.1, -0.05) is 6.07 Å². The van der Waals surface area contributed by atoms with Gasteiger partial charge in [0.25, 0.3) is 0 Å². The number of hydrogen-bond donors (Lipinski definition) is 1. The normalized spacial score (nSPS) is 19.7. The van der Waals surface area contributed by atoms with Crippen LogP contribution in [0.1, 0.15) is 30.5 Å². The molecular formula is C22H24N4. The van der Waals surface area contributed by atoms with Gasteiger partial charge in [0.1, 0.15) is 0 Å². The summed E-state index contributed by atoms with van der Waals surface area (Å²) in [6.07, 6.45) is 9.53. The van der Waals surface area contributed by atoms with E-state index < -0.39 is 0 Å². The minimum Gasteiger partial charge on any atom is -0.369 e. The van der Waals surface area contributed by atoms with Gasteiger partial charge in [-0.05, 0) is 73.1 Å². The van der Waals surface area contributed by atoms with E-state index in [0.717, 1.165) is 37.9 Å². The van der Waals surface area contributed by atoms with E-state index in [2.05, 4.69) is 40.2 Å². The Labute approximate surface area is 154 Å². The highest BCUT2D eigenvalue weighted by Gasteiger charge is 2.26. The molecule has 1 aromatic carbocycles. The molecule has 0 saturated carbocycles. The second-order valence-corrected chi connectivity index (χ2v) is 7.56. The standard InChI is InChI=1S/C22H24N4/c23-17-9-12-26(14-17)22-18-3-1-2-4-20(18)25-21-6-5-16(13-19(21)22)15-7-10-24-11-8-15/h5-8,10-11,13,17H,1-4,9,12,14,23H2/t17-/m1/s1. The lowest BCUT2D eigenvalue weighted by molar-refractivity contribution is 0.668. The second-order valence-electron chi connectivity index (χ2n) is 7.56. The Morgan fingerprint density at radius 3 is 2.65 bits per heavy atom. The van der Waals surface area contributed by atoms with Crippen molar-refractivity contribution in [2.45, 2.75) is 38.1 Å². The van der Waals surface area contributed by atoms with E-state index in [1.54, 1.807) is 0 Å². The zero-order valence-electron chi connectivity index (χ0n) is 15.0. The molecule has 0 amide bonds. The predicted octanol–water partition coefficient (Wildman–Crippen LogP) is 3.71. The van der Waals surface area contributed by atoms with Crippen LogP contribution >= 0.6 is 0 Å². The van der Waals surface area contributed by atoms with Crippen molar-refractivity contribution in [3.63, 3.8) is 0 Å². The Kier molecular flexibility index (Phi) is 3.86. The highest BCUT2D eigenvalue weighted by atomic mass is 15.2. The fraction of sp³-hybridized carbons (Fsp3) is 0.364. The largest absolute Gasteiger partial charge is 0.369 e. The van der Waals surface area contributed by atoms with E-state index in [-0.39, 0.29) is 6.04 Å². The molecule has 0 radical (unpaired) electrons. The van der Waals surface area contributed by atoms with Crippen molar-refractivity contribution in [3.8, 4) is 11.1 Å². The van der Waals surface area contributed by atoms with Crippen LogP contribution in [-0.4, -0.2) is 29.1 Å². The third-order valence-electron chi connectivity index (χ3n) is 5.79. The third-order valence-corrected chi connectivity index (χ3v) is 5.79. The summed E-state index contributed by atoms with van der Waals surface area (Å²) in [5, 5.41) is 1.27. The maximum absolute atomic E-state index is 6.24. The van der Waals surface area contributed by atoms with Gasteiger partial charge in [0.2, 0.25) is 0 Å². The maximum atomic E-state index is 6.24. The van der Waals surface area contributed by atoms with Crippen molar-refractivity contribution in [2.75, 3.05) is 18.0 Å². The molecule has 2 aliphatic rings. The lowest BCUT2D eigenvalue weighted by atomic mass is 9.91. The number of aromatic nitrogens is 2. The first-order chi connectivity index (χ1) is 12.8. The van der Waals surface area contributed by atoms with Crippen LogP contribution in [0.3, 0.4) is 0 Å². The molecule has 1 atom stereocenters. The van der Waals surface area contributed by atoms with E-state index in [9.17, 15) is 0 Å². The Hall–Kier alpha value is -2.46. The lowest BCUT2D eigenvalue weighted by Gasteiger charge is -2.28. The van der Waals surface area contributed by atoms with Gasteiger partial charge < -0.3 is 10.6 Å². The minimum absolute atomic E-state index is 0.279. The molecule has 1 fully saturated rings. The molecule has 1 saturated heterocycles. The Morgan fingerprint density at radius 2 is 1.85 bits per heavy atom. The van der Waals surface area contributed by atoms with E-state index in [1.807, 2.05) is 12.4 Å². The molecule has 5 rings (SSSR count). The maximum Gasteiger partial charge on any atom is 0.0726 e. The summed E-state index contributed by atoms with van der Waals surface area (Å²) in [7, 11) is 0. The SMILES string of the molecule is N[C@@H]1CCN(c2c3c(nc4ccc(-c5ccncc5)cc24)CCCC3)C1. The van der Waals surface area contributed by atoms with Crippen LogP contribution < -0.4 is 10.6 Å². The quantitative estimate of drug-likeness (QED) is 0.770. The number of nitrogens with two attached hydrogens (primary N) is 1. The smallest absolute Gasteiger partial charge is 0.0726 e. The molecule has 3 heterocycles. The summed E-state index contributed by atoms with van der Waals surface area (Å²) in [6, 6.07) is 11.1. The zero-order chi connectivity index (χ0) is 17.5. The summed E-state index contributed by atoms with van der Waals surface area (Å²) in [5.74, 6) is 0.